The summed E-state index contributed by atoms with van der Waals surface area (Å²) >= 11 is 1.64. The van der Waals surface area contributed by atoms with Crippen LogP contribution in [0.1, 0.15) is 12.1 Å². The summed E-state index contributed by atoms with van der Waals surface area (Å²) in [5.41, 5.74) is 7.46. The molecular weight excluding hydrogens is 258 g/mol. The summed E-state index contributed by atoms with van der Waals surface area (Å²) in [7, 11) is 0. The topological polar surface area (TPSA) is 61.0 Å². The fourth-order valence-corrected chi connectivity index (χ4v) is 2.30. The predicted molar refractivity (Wildman–Crippen MR) is 78.5 cm³/mol. The number of aryl methyl sites for hydroxylation is 1. The van der Waals surface area contributed by atoms with Crippen LogP contribution in [-0.2, 0) is 0 Å². The minimum Gasteiger partial charge on any atom is -0.491 e. The first-order chi connectivity index (χ1) is 9.25. The molecule has 0 unspecified atom stereocenters. The van der Waals surface area contributed by atoms with Crippen LogP contribution in [0.4, 0.5) is 5.69 Å². The van der Waals surface area contributed by atoms with Crippen molar-refractivity contribution in [2.45, 2.75) is 18.5 Å². The molecule has 1 aromatic carbocycles. The van der Waals surface area contributed by atoms with Crippen LogP contribution in [0.2, 0.25) is 0 Å². The van der Waals surface area contributed by atoms with Crippen molar-refractivity contribution in [1.82, 2.24) is 9.97 Å². The first kappa shape index (κ1) is 13.7. The molecule has 0 fully saturated rings. The van der Waals surface area contributed by atoms with Crippen LogP contribution < -0.4 is 10.5 Å². The Morgan fingerprint density at radius 2 is 2.11 bits per heavy atom. The van der Waals surface area contributed by atoms with E-state index in [1.165, 1.54) is 0 Å². The summed E-state index contributed by atoms with van der Waals surface area (Å²) < 4.78 is 5.62. The van der Waals surface area contributed by atoms with Gasteiger partial charge in [0, 0.05) is 17.6 Å². The molecule has 0 radical (unpaired) electrons. The van der Waals surface area contributed by atoms with Gasteiger partial charge in [-0.05, 0) is 31.5 Å². The average Bonchev–Trinajstić information content (AvgIpc) is 2.40. The van der Waals surface area contributed by atoms with E-state index in [-0.39, 0.29) is 0 Å². The van der Waals surface area contributed by atoms with Crippen molar-refractivity contribution in [3.63, 3.8) is 0 Å². The monoisotopic (exact) mass is 275 g/mol. The SMILES string of the molecule is Cc1ccnc(SCCCOc2ccccc2N)n1. The van der Waals surface area contributed by atoms with Gasteiger partial charge in [-0.25, -0.2) is 9.97 Å². The smallest absolute Gasteiger partial charge is 0.187 e. The molecule has 0 aliphatic carbocycles. The molecule has 0 aliphatic heterocycles. The number of para-hydroxylation sites is 2. The molecule has 0 spiro atoms. The second-order valence-corrected chi connectivity index (χ2v) is 5.13. The lowest BCUT2D eigenvalue weighted by Gasteiger charge is -2.07. The van der Waals surface area contributed by atoms with Gasteiger partial charge in [-0.1, -0.05) is 23.9 Å². The zero-order chi connectivity index (χ0) is 13.5. The summed E-state index contributed by atoms with van der Waals surface area (Å²) in [6.45, 7) is 2.61. The third kappa shape index (κ3) is 4.44. The minimum absolute atomic E-state index is 0.646. The molecule has 19 heavy (non-hydrogen) atoms. The molecule has 100 valence electrons. The summed E-state index contributed by atoms with van der Waals surface area (Å²) in [4.78, 5) is 8.53. The first-order valence-electron chi connectivity index (χ1n) is 6.15. The highest BCUT2D eigenvalue weighted by Gasteiger charge is 2.00. The summed E-state index contributed by atoms with van der Waals surface area (Å²) in [6, 6.07) is 9.43. The van der Waals surface area contributed by atoms with Crippen LogP contribution in [0.15, 0.2) is 41.7 Å². The summed E-state index contributed by atoms with van der Waals surface area (Å²) in [6.07, 6.45) is 2.71. The zero-order valence-electron chi connectivity index (χ0n) is 10.9. The molecule has 2 aromatic rings. The predicted octanol–water partition coefficient (Wildman–Crippen LogP) is 2.93. The maximum Gasteiger partial charge on any atom is 0.187 e. The van der Waals surface area contributed by atoms with Gasteiger partial charge in [0.05, 0.1) is 12.3 Å². The Kier molecular flexibility index (Phi) is 5.03. The number of nitrogens with two attached hydrogens (primary N) is 1. The van der Waals surface area contributed by atoms with Gasteiger partial charge in [0.15, 0.2) is 5.16 Å². The van der Waals surface area contributed by atoms with Gasteiger partial charge in [0.25, 0.3) is 0 Å². The lowest BCUT2D eigenvalue weighted by atomic mass is 10.3. The lowest BCUT2D eigenvalue weighted by molar-refractivity contribution is 0.320. The van der Waals surface area contributed by atoms with Gasteiger partial charge in [0.1, 0.15) is 5.75 Å². The molecule has 2 rings (SSSR count). The van der Waals surface area contributed by atoms with E-state index in [1.54, 1.807) is 18.0 Å². The molecule has 1 heterocycles. The lowest BCUT2D eigenvalue weighted by Crippen LogP contribution is -2.01. The van der Waals surface area contributed by atoms with Crippen LogP contribution in [0.25, 0.3) is 0 Å². The van der Waals surface area contributed by atoms with E-state index in [0.717, 1.165) is 28.8 Å². The molecule has 4 nitrogen and oxygen atoms in total. The highest BCUT2D eigenvalue weighted by Crippen LogP contribution is 2.20. The van der Waals surface area contributed by atoms with Gasteiger partial charge in [-0.15, -0.1) is 0 Å². The fraction of sp³-hybridized carbons (Fsp3) is 0.286. The van der Waals surface area contributed by atoms with Gasteiger partial charge in [0.2, 0.25) is 0 Å². The molecule has 5 heteroatoms. The van der Waals surface area contributed by atoms with Gasteiger partial charge in [-0.3, -0.25) is 0 Å². The van der Waals surface area contributed by atoms with E-state index in [9.17, 15) is 0 Å². The Labute approximate surface area is 117 Å². The molecule has 0 aliphatic rings. The van der Waals surface area contributed by atoms with Crippen LogP contribution >= 0.6 is 11.8 Å². The Morgan fingerprint density at radius 1 is 1.26 bits per heavy atom. The second kappa shape index (κ2) is 6.99. The van der Waals surface area contributed by atoms with Crippen LogP contribution in [0, 0.1) is 6.92 Å². The Hall–Kier alpha value is -1.75. The van der Waals surface area contributed by atoms with E-state index in [1.807, 2.05) is 37.3 Å². The van der Waals surface area contributed by atoms with Crippen molar-refractivity contribution in [3.8, 4) is 5.75 Å². The standard InChI is InChI=1S/C14H17N3OS/c1-11-7-8-16-14(17-11)19-10-4-9-18-13-6-3-2-5-12(13)15/h2-3,5-8H,4,9-10,15H2,1H3. The van der Waals surface area contributed by atoms with Crippen molar-refractivity contribution in [3.05, 3.63) is 42.2 Å². The number of thioether (sulfide) groups is 1. The van der Waals surface area contributed by atoms with Crippen LogP contribution in [-0.4, -0.2) is 22.3 Å². The number of aromatic nitrogens is 2. The zero-order valence-corrected chi connectivity index (χ0v) is 11.7. The number of nitrogens with zero attached hydrogens (tertiary/aromatic N) is 2. The molecule has 1 aromatic heterocycles. The number of hydrogen-bond donors (Lipinski definition) is 1. The Balaban J connectivity index is 1.69. The van der Waals surface area contributed by atoms with E-state index < -0.39 is 0 Å². The molecule has 0 saturated carbocycles. The van der Waals surface area contributed by atoms with Crippen molar-refractivity contribution >= 4 is 17.4 Å². The van der Waals surface area contributed by atoms with E-state index >= 15 is 0 Å². The maximum atomic E-state index is 5.79. The second-order valence-electron chi connectivity index (χ2n) is 4.07. The van der Waals surface area contributed by atoms with E-state index in [0.29, 0.717) is 12.3 Å². The van der Waals surface area contributed by atoms with E-state index in [4.69, 9.17) is 10.5 Å². The molecular formula is C14H17N3OS. The number of rotatable bonds is 6. The summed E-state index contributed by atoms with van der Waals surface area (Å²) in [5, 5.41) is 0.819. The van der Waals surface area contributed by atoms with Gasteiger partial charge >= 0.3 is 0 Å². The Morgan fingerprint density at radius 3 is 2.89 bits per heavy atom. The van der Waals surface area contributed by atoms with E-state index in [2.05, 4.69) is 9.97 Å². The summed E-state index contributed by atoms with van der Waals surface area (Å²) in [5.74, 6) is 1.68. The fourth-order valence-electron chi connectivity index (χ4n) is 1.51. The number of nitrogen functional groups attached to an aromatic ring is 1. The largest absolute Gasteiger partial charge is 0.491 e. The van der Waals surface area contributed by atoms with Crippen LogP contribution in [0.5, 0.6) is 5.75 Å². The van der Waals surface area contributed by atoms with Crippen molar-refractivity contribution in [2.24, 2.45) is 0 Å². The number of hydrogen-bond acceptors (Lipinski definition) is 5. The average molecular weight is 275 g/mol. The van der Waals surface area contributed by atoms with Crippen molar-refractivity contribution < 1.29 is 4.74 Å². The molecule has 0 bridgehead atoms. The van der Waals surface area contributed by atoms with Gasteiger partial charge in [-0.2, -0.15) is 0 Å². The highest BCUT2D eigenvalue weighted by atomic mass is 32.2. The van der Waals surface area contributed by atoms with Crippen molar-refractivity contribution in [1.29, 1.82) is 0 Å². The van der Waals surface area contributed by atoms with Crippen molar-refractivity contribution in [2.75, 3.05) is 18.1 Å². The molecule has 0 amide bonds. The molecule has 0 saturated heterocycles. The van der Waals surface area contributed by atoms with Crippen LogP contribution in [0.3, 0.4) is 0 Å². The molecule has 2 N–H and O–H groups in total. The number of anilines is 1. The third-order valence-electron chi connectivity index (χ3n) is 2.47. The quantitative estimate of drug-likeness (QED) is 0.380. The third-order valence-corrected chi connectivity index (χ3v) is 3.42. The minimum atomic E-state index is 0.646. The molecule has 0 atom stereocenters. The number of ether oxygens (including phenoxy) is 1. The normalized spacial score (nSPS) is 10.4. The highest BCUT2D eigenvalue weighted by molar-refractivity contribution is 7.99. The van der Waals surface area contributed by atoms with Gasteiger partial charge < -0.3 is 10.5 Å². The Bertz CT molecular complexity index is 534. The number of benzene rings is 1. The first-order valence-corrected chi connectivity index (χ1v) is 7.14. The maximum absolute atomic E-state index is 5.79.